The van der Waals surface area contributed by atoms with Gasteiger partial charge in [-0.2, -0.15) is 0 Å². The van der Waals surface area contributed by atoms with E-state index in [1.54, 1.807) is 35.6 Å². The van der Waals surface area contributed by atoms with Crippen molar-refractivity contribution in [3.8, 4) is 0 Å². The van der Waals surface area contributed by atoms with Gasteiger partial charge in [0, 0.05) is 44.8 Å². The molecule has 26 heavy (non-hydrogen) atoms. The molecular weight excluding hydrogens is 328 g/mol. The minimum atomic E-state index is -0.435. The van der Waals surface area contributed by atoms with Crippen LogP contribution in [0.1, 0.15) is 35.3 Å². The van der Waals surface area contributed by atoms with Crippen molar-refractivity contribution < 1.29 is 9.59 Å². The number of carbonyl (C=O) groups excluding carboxylic acids is 2. The van der Waals surface area contributed by atoms with Gasteiger partial charge in [0.2, 0.25) is 5.91 Å². The second-order valence-electron chi connectivity index (χ2n) is 7.16. The van der Waals surface area contributed by atoms with Gasteiger partial charge in [-0.15, -0.1) is 0 Å². The summed E-state index contributed by atoms with van der Waals surface area (Å²) in [5, 5.41) is 0. The van der Waals surface area contributed by atoms with Crippen LogP contribution in [0, 0.1) is 5.41 Å². The summed E-state index contributed by atoms with van der Waals surface area (Å²) in [4.78, 5) is 37.8. The first kappa shape index (κ1) is 16.7. The van der Waals surface area contributed by atoms with Crippen LogP contribution in [0.3, 0.4) is 0 Å². The largest absolute Gasteiger partial charge is 0.338 e. The molecule has 2 fully saturated rings. The van der Waals surface area contributed by atoms with Gasteiger partial charge in [-0.1, -0.05) is 6.07 Å². The van der Waals surface area contributed by atoms with Crippen molar-refractivity contribution in [2.45, 2.75) is 25.8 Å². The van der Waals surface area contributed by atoms with E-state index in [4.69, 9.17) is 0 Å². The van der Waals surface area contributed by atoms with E-state index < -0.39 is 5.41 Å². The SMILES string of the molecule is O=C(c1ccccn1)N1CCC[C@]2(CCN(Cc3ccncc3)C2=O)C1. The van der Waals surface area contributed by atoms with Gasteiger partial charge in [-0.05, 0) is 49.1 Å². The Balaban J connectivity index is 1.48. The van der Waals surface area contributed by atoms with E-state index in [-0.39, 0.29) is 11.8 Å². The van der Waals surface area contributed by atoms with Crippen LogP contribution in [-0.4, -0.2) is 51.2 Å². The van der Waals surface area contributed by atoms with Gasteiger partial charge >= 0.3 is 0 Å². The van der Waals surface area contributed by atoms with E-state index in [0.29, 0.717) is 25.3 Å². The third-order valence-corrected chi connectivity index (χ3v) is 5.47. The molecule has 0 saturated carbocycles. The van der Waals surface area contributed by atoms with E-state index in [1.807, 2.05) is 23.1 Å². The molecule has 0 unspecified atom stereocenters. The number of likely N-dealkylation sites (tertiary alicyclic amines) is 2. The molecule has 2 aliphatic heterocycles. The summed E-state index contributed by atoms with van der Waals surface area (Å²) in [5.41, 5.74) is 1.10. The van der Waals surface area contributed by atoms with Crippen LogP contribution in [0.4, 0.5) is 0 Å². The molecule has 1 spiro atoms. The number of pyridine rings is 2. The molecular formula is C20H22N4O2. The highest BCUT2D eigenvalue weighted by Gasteiger charge is 2.49. The molecule has 1 atom stereocenters. The number of rotatable bonds is 3. The Hall–Kier alpha value is -2.76. The summed E-state index contributed by atoms with van der Waals surface area (Å²) in [6.45, 7) is 2.53. The van der Waals surface area contributed by atoms with Crippen LogP contribution < -0.4 is 0 Å². The van der Waals surface area contributed by atoms with Crippen LogP contribution >= 0.6 is 0 Å². The summed E-state index contributed by atoms with van der Waals surface area (Å²) in [7, 11) is 0. The average molecular weight is 350 g/mol. The maximum atomic E-state index is 13.1. The lowest BCUT2D eigenvalue weighted by molar-refractivity contribution is -0.138. The number of amides is 2. The Morgan fingerprint density at radius 3 is 2.69 bits per heavy atom. The first-order chi connectivity index (χ1) is 12.7. The smallest absolute Gasteiger partial charge is 0.272 e. The Morgan fingerprint density at radius 1 is 1.08 bits per heavy atom. The Morgan fingerprint density at radius 2 is 1.92 bits per heavy atom. The second kappa shape index (κ2) is 6.86. The topological polar surface area (TPSA) is 66.4 Å². The first-order valence-corrected chi connectivity index (χ1v) is 9.07. The molecule has 6 nitrogen and oxygen atoms in total. The number of nitrogens with zero attached hydrogens (tertiary/aromatic N) is 4. The van der Waals surface area contributed by atoms with E-state index >= 15 is 0 Å². The van der Waals surface area contributed by atoms with E-state index in [0.717, 1.165) is 31.4 Å². The highest BCUT2D eigenvalue weighted by atomic mass is 16.2. The second-order valence-corrected chi connectivity index (χ2v) is 7.16. The maximum Gasteiger partial charge on any atom is 0.272 e. The molecule has 6 heteroatoms. The molecule has 2 amide bonds. The normalized spacial score (nSPS) is 22.8. The molecule has 2 saturated heterocycles. The van der Waals surface area contributed by atoms with Gasteiger partial charge in [0.15, 0.2) is 0 Å². The highest BCUT2D eigenvalue weighted by Crippen LogP contribution is 2.40. The van der Waals surface area contributed by atoms with Crippen molar-refractivity contribution >= 4 is 11.8 Å². The Kier molecular flexibility index (Phi) is 4.41. The molecule has 2 aliphatic rings. The first-order valence-electron chi connectivity index (χ1n) is 9.07. The van der Waals surface area contributed by atoms with Crippen LogP contribution in [-0.2, 0) is 11.3 Å². The molecule has 0 aromatic carbocycles. The average Bonchev–Trinajstić information content (AvgIpc) is 2.98. The standard InChI is InChI=1S/C20H22N4O2/c25-18(17-4-1-2-9-22-17)24-12-3-7-20(15-24)8-13-23(19(20)26)14-16-5-10-21-11-6-16/h1-2,4-6,9-11H,3,7-8,12-15H2/t20-/m0/s1. The number of aromatic nitrogens is 2. The van der Waals surface area contributed by atoms with Crippen molar-refractivity contribution in [1.29, 1.82) is 0 Å². The zero-order valence-electron chi connectivity index (χ0n) is 14.7. The molecule has 0 N–H and O–H groups in total. The predicted octanol–water partition coefficient (Wildman–Crippen LogP) is 2.13. The highest BCUT2D eigenvalue weighted by molar-refractivity contribution is 5.93. The van der Waals surface area contributed by atoms with Gasteiger partial charge in [0.1, 0.15) is 5.69 Å². The van der Waals surface area contributed by atoms with E-state index in [1.165, 1.54) is 0 Å². The summed E-state index contributed by atoms with van der Waals surface area (Å²) < 4.78 is 0. The van der Waals surface area contributed by atoms with Gasteiger partial charge < -0.3 is 9.80 Å². The fourth-order valence-electron chi connectivity index (χ4n) is 4.09. The lowest BCUT2D eigenvalue weighted by atomic mass is 9.78. The molecule has 0 aliphatic carbocycles. The van der Waals surface area contributed by atoms with Crippen LogP contribution in [0.5, 0.6) is 0 Å². The van der Waals surface area contributed by atoms with Crippen molar-refractivity contribution in [3.05, 3.63) is 60.2 Å². The fourth-order valence-corrected chi connectivity index (χ4v) is 4.09. The van der Waals surface area contributed by atoms with Gasteiger partial charge in [-0.3, -0.25) is 19.6 Å². The van der Waals surface area contributed by atoms with Gasteiger partial charge in [0.05, 0.1) is 5.41 Å². The molecule has 134 valence electrons. The molecule has 2 aromatic rings. The number of carbonyl (C=O) groups is 2. The van der Waals surface area contributed by atoms with Gasteiger partial charge in [0.25, 0.3) is 5.91 Å². The lowest BCUT2D eigenvalue weighted by Crippen LogP contribution is -2.49. The van der Waals surface area contributed by atoms with Crippen molar-refractivity contribution in [2.24, 2.45) is 5.41 Å². The minimum Gasteiger partial charge on any atom is -0.338 e. The fraction of sp³-hybridized carbons (Fsp3) is 0.400. The van der Waals surface area contributed by atoms with Crippen LogP contribution in [0.25, 0.3) is 0 Å². The van der Waals surface area contributed by atoms with Crippen LogP contribution in [0.2, 0.25) is 0 Å². The molecule has 4 rings (SSSR count). The summed E-state index contributed by atoms with van der Waals surface area (Å²) in [5.74, 6) is 0.0953. The summed E-state index contributed by atoms with van der Waals surface area (Å²) in [6, 6.07) is 9.23. The van der Waals surface area contributed by atoms with E-state index in [2.05, 4.69) is 9.97 Å². The van der Waals surface area contributed by atoms with Crippen LogP contribution in [0.15, 0.2) is 48.9 Å². The number of hydrogen-bond acceptors (Lipinski definition) is 4. The third-order valence-electron chi connectivity index (χ3n) is 5.47. The molecule has 4 heterocycles. The quantitative estimate of drug-likeness (QED) is 0.851. The number of piperidine rings is 1. The molecule has 0 radical (unpaired) electrons. The Bertz CT molecular complexity index is 796. The number of hydrogen-bond donors (Lipinski definition) is 0. The maximum absolute atomic E-state index is 13.1. The predicted molar refractivity (Wildman–Crippen MR) is 96.1 cm³/mol. The van der Waals surface area contributed by atoms with Crippen molar-refractivity contribution in [1.82, 2.24) is 19.8 Å². The van der Waals surface area contributed by atoms with E-state index in [9.17, 15) is 9.59 Å². The molecule has 0 bridgehead atoms. The van der Waals surface area contributed by atoms with Crippen molar-refractivity contribution in [3.63, 3.8) is 0 Å². The van der Waals surface area contributed by atoms with Crippen molar-refractivity contribution in [2.75, 3.05) is 19.6 Å². The monoisotopic (exact) mass is 350 g/mol. The zero-order chi connectivity index (χ0) is 18.0. The Labute approximate surface area is 152 Å². The zero-order valence-corrected chi connectivity index (χ0v) is 14.7. The minimum absolute atomic E-state index is 0.0786. The third kappa shape index (κ3) is 3.07. The van der Waals surface area contributed by atoms with Gasteiger partial charge in [-0.25, -0.2) is 0 Å². The summed E-state index contributed by atoms with van der Waals surface area (Å²) >= 11 is 0. The lowest BCUT2D eigenvalue weighted by Gasteiger charge is -2.38. The molecule has 2 aromatic heterocycles. The summed E-state index contributed by atoms with van der Waals surface area (Å²) in [6.07, 6.45) is 7.64.